The first-order valence-electron chi connectivity index (χ1n) is 9.47. The lowest BCUT2D eigenvalue weighted by Gasteiger charge is -2.18. The first kappa shape index (κ1) is 20.6. The Labute approximate surface area is 174 Å². The molecule has 3 aromatic rings. The molecule has 5 heteroatoms. The summed E-state index contributed by atoms with van der Waals surface area (Å²) in [6.45, 7) is 0.213. The van der Waals surface area contributed by atoms with Crippen LogP contribution in [-0.4, -0.2) is 25.0 Å². The van der Waals surface area contributed by atoms with Crippen molar-refractivity contribution in [2.75, 3.05) is 13.2 Å². The predicted octanol–water partition coefficient (Wildman–Crippen LogP) is 4.64. The standard InChI is InChI=1S/C24H23NO3S/c26-23(18-28-24(27)14-13-21-12-7-17-29-21)25-16-15-22(19-8-3-1-4-9-19)20-10-5-2-6-11-20/h1-14,17,22H,15-16,18H2,(H,25,26)/b14-13+. The molecule has 0 unspecified atom stereocenters. The van der Waals surface area contributed by atoms with E-state index >= 15 is 0 Å². The van der Waals surface area contributed by atoms with E-state index in [2.05, 4.69) is 29.6 Å². The van der Waals surface area contributed by atoms with Crippen LogP contribution in [0.2, 0.25) is 0 Å². The van der Waals surface area contributed by atoms with Crippen LogP contribution in [0.25, 0.3) is 6.08 Å². The van der Waals surface area contributed by atoms with Gasteiger partial charge in [0, 0.05) is 23.4 Å². The van der Waals surface area contributed by atoms with Crippen LogP contribution in [0.3, 0.4) is 0 Å². The highest BCUT2D eigenvalue weighted by Gasteiger charge is 2.14. The maximum absolute atomic E-state index is 12.0. The SMILES string of the molecule is O=C(COC(=O)/C=C/c1cccs1)NCCC(c1ccccc1)c1ccccc1. The Morgan fingerprint density at radius 2 is 1.59 bits per heavy atom. The Hall–Kier alpha value is -3.18. The van der Waals surface area contributed by atoms with Gasteiger partial charge in [0.05, 0.1) is 0 Å². The van der Waals surface area contributed by atoms with Gasteiger partial charge in [-0.1, -0.05) is 66.7 Å². The predicted molar refractivity (Wildman–Crippen MR) is 117 cm³/mol. The topological polar surface area (TPSA) is 55.4 Å². The van der Waals surface area contributed by atoms with Crippen LogP contribution in [0.5, 0.6) is 0 Å². The molecule has 0 aliphatic heterocycles. The van der Waals surface area contributed by atoms with Gasteiger partial charge in [-0.05, 0) is 35.1 Å². The van der Waals surface area contributed by atoms with Crippen LogP contribution in [0.4, 0.5) is 0 Å². The molecule has 3 rings (SSSR count). The quantitative estimate of drug-likeness (QED) is 0.417. The van der Waals surface area contributed by atoms with Gasteiger partial charge in [0.15, 0.2) is 6.61 Å². The smallest absolute Gasteiger partial charge is 0.331 e. The minimum atomic E-state index is -0.528. The van der Waals surface area contributed by atoms with E-state index in [4.69, 9.17) is 4.74 Å². The second kappa shape index (κ2) is 11.0. The van der Waals surface area contributed by atoms with Crippen molar-refractivity contribution in [2.45, 2.75) is 12.3 Å². The van der Waals surface area contributed by atoms with Crippen LogP contribution in [0.1, 0.15) is 28.3 Å². The third-order valence-electron chi connectivity index (χ3n) is 4.43. The van der Waals surface area contributed by atoms with E-state index in [0.717, 1.165) is 11.3 Å². The molecule has 0 saturated heterocycles. The molecule has 1 heterocycles. The largest absolute Gasteiger partial charge is 0.452 e. The van der Waals surface area contributed by atoms with Gasteiger partial charge in [0.2, 0.25) is 0 Å². The molecule has 1 amide bonds. The third-order valence-corrected chi connectivity index (χ3v) is 5.27. The Balaban J connectivity index is 1.47. The van der Waals surface area contributed by atoms with Crippen LogP contribution < -0.4 is 5.32 Å². The van der Waals surface area contributed by atoms with Gasteiger partial charge in [-0.2, -0.15) is 0 Å². The molecular weight excluding hydrogens is 382 g/mol. The van der Waals surface area contributed by atoms with Gasteiger partial charge >= 0.3 is 5.97 Å². The second-order valence-corrected chi connectivity index (χ2v) is 7.45. The summed E-state index contributed by atoms with van der Waals surface area (Å²) in [7, 11) is 0. The molecule has 0 saturated carbocycles. The summed E-state index contributed by atoms with van der Waals surface area (Å²) >= 11 is 1.53. The zero-order chi connectivity index (χ0) is 20.3. The average molecular weight is 406 g/mol. The number of esters is 1. The number of thiophene rings is 1. The summed E-state index contributed by atoms with van der Waals surface area (Å²) in [4.78, 5) is 24.7. The Kier molecular flexibility index (Phi) is 7.78. The Bertz CT molecular complexity index is 882. The van der Waals surface area contributed by atoms with E-state index in [1.54, 1.807) is 6.08 Å². The number of benzene rings is 2. The van der Waals surface area contributed by atoms with E-state index in [-0.39, 0.29) is 18.4 Å². The van der Waals surface area contributed by atoms with Crippen LogP contribution in [0, 0.1) is 0 Å². The number of hydrogen-bond acceptors (Lipinski definition) is 4. The molecule has 0 aliphatic rings. The number of carbonyl (C=O) groups excluding carboxylic acids is 2. The molecule has 0 aliphatic carbocycles. The molecule has 1 aromatic heterocycles. The van der Waals surface area contributed by atoms with E-state index < -0.39 is 5.97 Å². The maximum atomic E-state index is 12.0. The second-order valence-electron chi connectivity index (χ2n) is 6.47. The van der Waals surface area contributed by atoms with Gasteiger partial charge < -0.3 is 10.1 Å². The van der Waals surface area contributed by atoms with E-state index in [9.17, 15) is 9.59 Å². The molecule has 0 radical (unpaired) electrons. The summed E-state index contributed by atoms with van der Waals surface area (Å²) < 4.78 is 5.00. The molecule has 4 nitrogen and oxygen atoms in total. The van der Waals surface area contributed by atoms with E-state index in [1.807, 2.05) is 53.9 Å². The lowest BCUT2D eigenvalue weighted by molar-refractivity contribution is -0.143. The van der Waals surface area contributed by atoms with E-state index in [0.29, 0.717) is 6.54 Å². The zero-order valence-corrected chi connectivity index (χ0v) is 16.8. The van der Waals surface area contributed by atoms with Gasteiger partial charge in [-0.15, -0.1) is 11.3 Å². The molecule has 0 spiro atoms. The Morgan fingerprint density at radius 1 is 0.931 bits per heavy atom. The molecule has 0 fully saturated rings. The molecule has 2 aromatic carbocycles. The molecular formula is C24H23NO3S. The third kappa shape index (κ3) is 6.73. The van der Waals surface area contributed by atoms with Crippen molar-refractivity contribution >= 4 is 29.3 Å². The number of nitrogens with one attached hydrogen (secondary N) is 1. The van der Waals surface area contributed by atoms with Gasteiger partial charge in [0.1, 0.15) is 0 Å². The fourth-order valence-corrected chi connectivity index (χ4v) is 3.64. The van der Waals surface area contributed by atoms with Crippen LogP contribution in [-0.2, 0) is 14.3 Å². The number of carbonyl (C=O) groups is 2. The minimum absolute atomic E-state index is 0.189. The minimum Gasteiger partial charge on any atom is -0.452 e. The lowest BCUT2D eigenvalue weighted by atomic mass is 9.88. The van der Waals surface area contributed by atoms with Gasteiger partial charge in [-0.3, -0.25) is 4.79 Å². The summed E-state index contributed by atoms with van der Waals surface area (Å²) in [5, 5.41) is 4.77. The van der Waals surface area contributed by atoms with Crippen molar-refractivity contribution in [1.29, 1.82) is 0 Å². The lowest BCUT2D eigenvalue weighted by Crippen LogP contribution is -2.30. The van der Waals surface area contributed by atoms with Crippen molar-refractivity contribution in [3.63, 3.8) is 0 Å². The monoisotopic (exact) mass is 405 g/mol. The highest BCUT2D eigenvalue weighted by atomic mass is 32.1. The van der Waals surface area contributed by atoms with Gasteiger partial charge in [0.25, 0.3) is 5.91 Å². The summed E-state index contributed by atoms with van der Waals surface area (Å²) in [6, 6.07) is 24.3. The maximum Gasteiger partial charge on any atom is 0.331 e. The Morgan fingerprint density at radius 3 is 2.17 bits per heavy atom. The molecule has 1 N–H and O–H groups in total. The van der Waals surface area contributed by atoms with Crippen molar-refractivity contribution < 1.29 is 14.3 Å². The highest BCUT2D eigenvalue weighted by molar-refractivity contribution is 7.10. The zero-order valence-electron chi connectivity index (χ0n) is 16.0. The average Bonchev–Trinajstić information content (AvgIpc) is 3.29. The normalized spacial score (nSPS) is 10.9. The van der Waals surface area contributed by atoms with Crippen molar-refractivity contribution in [3.8, 4) is 0 Å². The number of ether oxygens (including phenoxy) is 1. The molecule has 29 heavy (non-hydrogen) atoms. The van der Waals surface area contributed by atoms with Gasteiger partial charge in [-0.25, -0.2) is 4.79 Å². The van der Waals surface area contributed by atoms with Crippen molar-refractivity contribution in [3.05, 3.63) is 100 Å². The fourth-order valence-electron chi connectivity index (χ4n) is 3.02. The first-order valence-corrected chi connectivity index (χ1v) is 10.4. The summed E-state index contributed by atoms with van der Waals surface area (Å²) in [5.41, 5.74) is 2.41. The molecule has 0 bridgehead atoms. The molecule has 148 valence electrons. The van der Waals surface area contributed by atoms with Crippen LogP contribution >= 0.6 is 11.3 Å². The summed E-state index contributed by atoms with van der Waals surface area (Å²) in [6.07, 6.45) is 3.77. The molecule has 0 atom stereocenters. The first-order chi connectivity index (χ1) is 14.2. The van der Waals surface area contributed by atoms with Crippen molar-refractivity contribution in [2.24, 2.45) is 0 Å². The van der Waals surface area contributed by atoms with Crippen LogP contribution in [0.15, 0.2) is 84.3 Å². The van der Waals surface area contributed by atoms with E-state index in [1.165, 1.54) is 28.5 Å². The fraction of sp³-hybridized carbons (Fsp3) is 0.167. The summed E-state index contributed by atoms with van der Waals surface area (Å²) in [5.74, 6) is -0.642. The number of amides is 1. The number of rotatable bonds is 9. The van der Waals surface area contributed by atoms with Crippen molar-refractivity contribution in [1.82, 2.24) is 5.32 Å². The number of hydrogen-bond donors (Lipinski definition) is 1. The highest BCUT2D eigenvalue weighted by Crippen LogP contribution is 2.27.